The first-order chi connectivity index (χ1) is 11.4. The number of nitriles is 1. The van der Waals surface area contributed by atoms with Gasteiger partial charge in [-0.25, -0.2) is 0 Å². The molecule has 0 unspecified atom stereocenters. The molecule has 0 saturated heterocycles. The van der Waals surface area contributed by atoms with Gasteiger partial charge in [0.1, 0.15) is 17.7 Å². The minimum absolute atomic E-state index is 0.650. The van der Waals surface area contributed by atoms with Crippen LogP contribution in [0.1, 0.15) is 37.7 Å². The zero-order valence-electron chi connectivity index (χ0n) is 13.1. The molecule has 1 fully saturated rings. The van der Waals surface area contributed by atoms with Crippen molar-refractivity contribution in [2.45, 2.75) is 32.1 Å². The van der Waals surface area contributed by atoms with E-state index in [1.54, 1.807) is 0 Å². The molecule has 0 atom stereocenters. The fourth-order valence-corrected chi connectivity index (χ4v) is 3.79. The molecule has 1 aromatic carbocycles. The van der Waals surface area contributed by atoms with Gasteiger partial charge in [-0.05, 0) is 36.5 Å². The minimum atomic E-state index is 0.650. The Hall–Kier alpha value is -1.99. The molecule has 0 aromatic heterocycles. The SMILES string of the molecule is N#CC(=C1C=C/C(=N/OCC2CCCCC2)S1)c1ccccc1. The van der Waals surface area contributed by atoms with Crippen molar-refractivity contribution in [3.8, 4) is 6.07 Å². The first kappa shape index (κ1) is 15.9. The van der Waals surface area contributed by atoms with Gasteiger partial charge in [0.05, 0.1) is 5.57 Å². The Bertz CT molecular complexity index is 664. The molecule has 0 spiro atoms. The zero-order chi connectivity index (χ0) is 15.9. The van der Waals surface area contributed by atoms with Gasteiger partial charge in [0.25, 0.3) is 0 Å². The van der Waals surface area contributed by atoms with Crippen LogP contribution in [-0.2, 0) is 4.84 Å². The molecule has 4 heteroatoms. The largest absolute Gasteiger partial charge is 0.395 e. The van der Waals surface area contributed by atoms with Crippen LogP contribution < -0.4 is 0 Å². The zero-order valence-corrected chi connectivity index (χ0v) is 13.9. The van der Waals surface area contributed by atoms with E-state index in [0.29, 0.717) is 18.1 Å². The first-order valence-corrected chi connectivity index (χ1v) is 8.94. The molecule has 0 N–H and O–H groups in total. The Morgan fingerprint density at radius 3 is 2.70 bits per heavy atom. The van der Waals surface area contributed by atoms with E-state index in [9.17, 15) is 5.26 Å². The number of benzene rings is 1. The quantitative estimate of drug-likeness (QED) is 0.569. The van der Waals surface area contributed by atoms with E-state index in [1.807, 2.05) is 42.5 Å². The topological polar surface area (TPSA) is 45.4 Å². The second-order valence-corrected chi connectivity index (χ2v) is 6.94. The molecule has 2 aliphatic rings. The fraction of sp³-hybridized carbons (Fsp3) is 0.368. The Kier molecular flexibility index (Phi) is 5.55. The molecule has 1 heterocycles. The normalized spacial score (nSPS) is 22.1. The van der Waals surface area contributed by atoms with Gasteiger partial charge in [-0.1, -0.05) is 66.5 Å². The highest BCUT2D eigenvalue weighted by Gasteiger charge is 2.17. The average molecular weight is 324 g/mol. The van der Waals surface area contributed by atoms with Gasteiger partial charge in [0.15, 0.2) is 0 Å². The van der Waals surface area contributed by atoms with Crippen molar-refractivity contribution in [2.75, 3.05) is 6.61 Å². The van der Waals surface area contributed by atoms with Crippen LogP contribution in [0, 0.1) is 17.2 Å². The summed E-state index contributed by atoms with van der Waals surface area (Å²) in [5, 5.41) is 14.5. The lowest BCUT2D eigenvalue weighted by atomic mass is 9.90. The monoisotopic (exact) mass is 324 g/mol. The Labute approximate surface area is 141 Å². The van der Waals surface area contributed by atoms with Gasteiger partial charge >= 0.3 is 0 Å². The molecule has 1 saturated carbocycles. The highest BCUT2D eigenvalue weighted by Crippen LogP contribution is 2.34. The lowest BCUT2D eigenvalue weighted by Crippen LogP contribution is -2.11. The van der Waals surface area contributed by atoms with Crippen molar-refractivity contribution < 1.29 is 4.84 Å². The summed E-state index contributed by atoms with van der Waals surface area (Å²) in [6.07, 6.45) is 10.4. The van der Waals surface area contributed by atoms with Crippen molar-refractivity contribution in [1.29, 1.82) is 5.26 Å². The number of oxime groups is 1. The highest BCUT2D eigenvalue weighted by atomic mass is 32.2. The van der Waals surface area contributed by atoms with Crippen LogP contribution in [0.4, 0.5) is 0 Å². The Morgan fingerprint density at radius 2 is 1.96 bits per heavy atom. The Balaban J connectivity index is 1.61. The van der Waals surface area contributed by atoms with E-state index in [1.165, 1.54) is 43.9 Å². The molecule has 3 nitrogen and oxygen atoms in total. The minimum Gasteiger partial charge on any atom is -0.395 e. The molecule has 23 heavy (non-hydrogen) atoms. The van der Waals surface area contributed by atoms with E-state index in [4.69, 9.17) is 4.84 Å². The van der Waals surface area contributed by atoms with Crippen molar-refractivity contribution in [3.63, 3.8) is 0 Å². The summed E-state index contributed by atoms with van der Waals surface area (Å²) >= 11 is 1.50. The average Bonchev–Trinajstić information content (AvgIpc) is 3.06. The Morgan fingerprint density at radius 1 is 1.17 bits per heavy atom. The van der Waals surface area contributed by atoms with Crippen molar-refractivity contribution in [3.05, 3.63) is 53.0 Å². The van der Waals surface area contributed by atoms with Crippen LogP contribution in [0.5, 0.6) is 0 Å². The molecule has 0 amide bonds. The lowest BCUT2D eigenvalue weighted by molar-refractivity contribution is 0.0925. The second kappa shape index (κ2) is 8.03. The number of hydrogen-bond donors (Lipinski definition) is 0. The maximum absolute atomic E-state index is 9.45. The molecular weight excluding hydrogens is 304 g/mol. The number of rotatable bonds is 4. The van der Waals surface area contributed by atoms with E-state index in [2.05, 4.69) is 11.2 Å². The van der Waals surface area contributed by atoms with E-state index < -0.39 is 0 Å². The van der Waals surface area contributed by atoms with Gasteiger partial charge in [-0.2, -0.15) is 5.26 Å². The maximum atomic E-state index is 9.45. The predicted molar refractivity (Wildman–Crippen MR) is 95.7 cm³/mol. The molecular formula is C19H20N2OS. The number of hydrogen-bond acceptors (Lipinski definition) is 4. The standard InChI is InChI=1S/C19H20N2OS/c20-13-17(16-9-5-2-6-10-16)18-11-12-19(23-18)21-22-14-15-7-3-1-4-8-15/h2,5-6,9-12,15H,1,3-4,7-8,14H2/b18-17?,21-19-. The third kappa shape index (κ3) is 4.27. The van der Waals surface area contributed by atoms with Crippen molar-refractivity contribution in [2.24, 2.45) is 11.1 Å². The summed E-state index contributed by atoms with van der Waals surface area (Å²) in [5.74, 6) is 0.650. The lowest BCUT2D eigenvalue weighted by Gasteiger charge is -2.19. The van der Waals surface area contributed by atoms with Crippen LogP contribution in [0.25, 0.3) is 5.57 Å². The summed E-state index contributed by atoms with van der Waals surface area (Å²) in [7, 11) is 0. The second-order valence-electron chi connectivity index (χ2n) is 5.88. The van der Waals surface area contributed by atoms with Crippen LogP contribution in [0.3, 0.4) is 0 Å². The third-order valence-electron chi connectivity index (χ3n) is 4.20. The summed E-state index contributed by atoms with van der Waals surface area (Å²) in [6, 6.07) is 12.0. The van der Waals surface area contributed by atoms with Gasteiger partial charge in [0.2, 0.25) is 0 Å². The molecule has 1 aromatic rings. The number of thioether (sulfide) groups is 1. The van der Waals surface area contributed by atoms with Gasteiger partial charge in [-0.15, -0.1) is 0 Å². The van der Waals surface area contributed by atoms with Crippen LogP contribution in [-0.4, -0.2) is 11.7 Å². The van der Waals surface area contributed by atoms with Crippen LogP contribution >= 0.6 is 11.8 Å². The van der Waals surface area contributed by atoms with Crippen LogP contribution in [0.2, 0.25) is 0 Å². The summed E-state index contributed by atoms with van der Waals surface area (Å²) < 4.78 is 0. The van der Waals surface area contributed by atoms with Gasteiger partial charge < -0.3 is 4.84 Å². The first-order valence-electron chi connectivity index (χ1n) is 8.12. The summed E-state index contributed by atoms with van der Waals surface area (Å²) in [5.41, 5.74) is 1.62. The fourth-order valence-electron chi connectivity index (χ4n) is 2.94. The molecule has 0 radical (unpaired) electrons. The molecule has 3 rings (SSSR count). The van der Waals surface area contributed by atoms with Gasteiger partial charge in [-0.3, -0.25) is 0 Å². The molecule has 1 aliphatic heterocycles. The maximum Gasteiger partial charge on any atom is 0.140 e. The van der Waals surface area contributed by atoms with E-state index in [0.717, 1.165) is 15.5 Å². The predicted octanol–water partition coefficient (Wildman–Crippen LogP) is 5.13. The van der Waals surface area contributed by atoms with Crippen LogP contribution in [0.15, 0.2) is 52.5 Å². The molecule has 1 aliphatic carbocycles. The highest BCUT2D eigenvalue weighted by molar-refractivity contribution is 8.18. The van der Waals surface area contributed by atoms with E-state index >= 15 is 0 Å². The third-order valence-corrected chi connectivity index (χ3v) is 5.18. The van der Waals surface area contributed by atoms with Crippen molar-refractivity contribution >= 4 is 22.4 Å². The van der Waals surface area contributed by atoms with E-state index in [-0.39, 0.29) is 0 Å². The smallest absolute Gasteiger partial charge is 0.140 e. The number of nitrogens with zero attached hydrogens (tertiary/aromatic N) is 2. The molecule has 0 bridgehead atoms. The van der Waals surface area contributed by atoms with Gasteiger partial charge in [0, 0.05) is 4.91 Å². The summed E-state index contributed by atoms with van der Waals surface area (Å²) in [6.45, 7) is 0.709. The molecule has 118 valence electrons. The summed E-state index contributed by atoms with van der Waals surface area (Å²) in [4.78, 5) is 6.46. The van der Waals surface area contributed by atoms with Crippen molar-refractivity contribution in [1.82, 2.24) is 0 Å². The number of allylic oxidation sites excluding steroid dienone is 2.